The number of amides is 2. The van der Waals surface area contributed by atoms with Gasteiger partial charge in [0.1, 0.15) is 11.8 Å². The summed E-state index contributed by atoms with van der Waals surface area (Å²) < 4.78 is 37.4. The molecule has 9 nitrogen and oxygen atoms in total. The third kappa shape index (κ3) is 5.33. The summed E-state index contributed by atoms with van der Waals surface area (Å²) in [7, 11) is -3.81. The smallest absolute Gasteiger partial charge is 0.287 e. The van der Waals surface area contributed by atoms with Crippen LogP contribution in [0.15, 0.2) is 74.8 Å². The molecule has 0 saturated carbocycles. The Balaban J connectivity index is 1.62. The van der Waals surface area contributed by atoms with Crippen molar-refractivity contribution in [2.75, 3.05) is 5.32 Å². The summed E-state index contributed by atoms with van der Waals surface area (Å²) in [6, 6.07) is 11.3. The maximum absolute atomic E-state index is 12.4. The molecule has 3 rings (SSSR count). The van der Waals surface area contributed by atoms with Crippen molar-refractivity contribution in [1.29, 1.82) is 0 Å². The summed E-state index contributed by atoms with van der Waals surface area (Å²) >= 11 is 0. The Morgan fingerprint density at radius 3 is 2.48 bits per heavy atom. The Kier molecular flexibility index (Phi) is 6.15. The maximum atomic E-state index is 12.4. The van der Waals surface area contributed by atoms with Crippen molar-refractivity contribution >= 4 is 27.5 Å². The number of nitrogens with one attached hydrogen (secondary N) is 3. The van der Waals surface area contributed by atoms with E-state index in [2.05, 4.69) is 15.4 Å². The molecule has 0 bridgehead atoms. The fraction of sp³-hybridized carbons (Fsp3) is 0.158. The SMILES string of the molecule is C[C@@H](NC(=O)c1ccco1)C(=O)Nc1cccc(S(=O)(=O)NCc2ccco2)c1. The average Bonchev–Trinajstić information content (AvgIpc) is 3.40. The molecule has 3 aromatic rings. The second-order valence-corrected chi connectivity index (χ2v) is 7.86. The Hall–Kier alpha value is -3.37. The van der Waals surface area contributed by atoms with Crippen molar-refractivity contribution in [3.05, 3.63) is 72.6 Å². The van der Waals surface area contributed by atoms with Crippen LogP contribution in [0.3, 0.4) is 0 Å². The highest BCUT2D eigenvalue weighted by Crippen LogP contribution is 2.16. The Bertz CT molecular complexity index is 1080. The molecule has 0 radical (unpaired) electrons. The number of hydrogen-bond acceptors (Lipinski definition) is 6. The van der Waals surface area contributed by atoms with Gasteiger partial charge in [0.2, 0.25) is 15.9 Å². The van der Waals surface area contributed by atoms with Gasteiger partial charge in [-0.1, -0.05) is 6.07 Å². The number of carbonyl (C=O) groups is 2. The maximum Gasteiger partial charge on any atom is 0.287 e. The fourth-order valence-corrected chi connectivity index (χ4v) is 3.43. The summed E-state index contributed by atoms with van der Waals surface area (Å²) in [4.78, 5) is 24.3. The van der Waals surface area contributed by atoms with E-state index in [-0.39, 0.29) is 22.9 Å². The molecule has 0 saturated heterocycles. The molecule has 0 fully saturated rings. The highest BCUT2D eigenvalue weighted by Gasteiger charge is 2.19. The lowest BCUT2D eigenvalue weighted by Gasteiger charge is -2.14. The van der Waals surface area contributed by atoms with Gasteiger partial charge in [0.25, 0.3) is 5.91 Å². The van der Waals surface area contributed by atoms with Crippen LogP contribution in [0.4, 0.5) is 5.69 Å². The number of benzene rings is 1. The van der Waals surface area contributed by atoms with Gasteiger partial charge in [-0.05, 0) is 49.4 Å². The molecule has 3 N–H and O–H groups in total. The van der Waals surface area contributed by atoms with E-state index in [1.54, 1.807) is 24.3 Å². The zero-order valence-electron chi connectivity index (χ0n) is 15.4. The summed E-state index contributed by atoms with van der Waals surface area (Å²) in [5, 5.41) is 5.08. The van der Waals surface area contributed by atoms with Crippen LogP contribution in [0.2, 0.25) is 0 Å². The minimum Gasteiger partial charge on any atom is -0.468 e. The van der Waals surface area contributed by atoms with Crippen LogP contribution in [0.25, 0.3) is 0 Å². The Morgan fingerprint density at radius 2 is 1.79 bits per heavy atom. The van der Waals surface area contributed by atoms with E-state index >= 15 is 0 Å². The van der Waals surface area contributed by atoms with Crippen LogP contribution in [0.1, 0.15) is 23.2 Å². The molecule has 0 aliphatic carbocycles. The molecule has 2 heterocycles. The summed E-state index contributed by atoms with van der Waals surface area (Å²) in [5.74, 6) is -0.487. The monoisotopic (exact) mass is 417 g/mol. The van der Waals surface area contributed by atoms with Crippen LogP contribution in [-0.4, -0.2) is 26.3 Å². The van der Waals surface area contributed by atoms with Gasteiger partial charge in [-0.25, -0.2) is 13.1 Å². The largest absolute Gasteiger partial charge is 0.468 e. The van der Waals surface area contributed by atoms with Crippen LogP contribution >= 0.6 is 0 Å². The molecule has 2 aromatic heterocycles. The lowest BCUT2D eigenvalue weighted by Crippen LogP contribution is -2.41. The van der Waals surface area contributed by atoms with Gasteiger partial charge in [0, 0.05) is 5.69 Å². The Morgan fingerprint density at radius 1 is 1.03 bits per heavy atom. The summed E-state index contributed by atoms with van der Waals surface area (Å²) in [6.45, 7) is 1.50. The van der Waals surface area contributed by atoms with Gasteiger partial charge < -0.3 is 19.5 Å². The van der Waals surface area contributed by atoms with Gasteiger partial charge in [0.05, 0.1) is 24.0 Å². The van der Waals surface area contributed by atoms with E-state index in [4.69, 9.17) is 8.83 Å². The number of carbonyl (C=O) groups excluding carboxylic acids is 2. The molecule has 10 heteroatoms. The van der Waals surface area contributed by atoms with Crippen molar-refractivity contribution < 1.29 is 26.8 Å². The number of anilines is 1. The molecular formula is C19H19N3O6S. The molecule has 152 valence electrons. The van der Waals surface area contributed by atoms with E-state index in [9.17, 15) is 18.0 Å². The van der Waals surface area contributed by atoms with Crippen molar-refractivity contribution in [3.63, 3.8) is 0 Å². The van der Waals surface area contributed by atoms with Crippen molar-refractivity contribution in [1.82, 2.24) is 10.0 Å². The minimum atomic E-state index is -3.81. The highest BCUT2D eigenvalue weighted by molar-refractivity contribution is 7.89. The predicted octanol–water partition coefficient (Wildman–Crippen LogP) is 2.11. The second kappa shape index (κ2) is 8.76. The molecule has 0 spiro atoms. The average molecular weight is 417 g/mol. The van der Waals surface area contributed by atoms with Crippen LogP contribution in [0.5, 0.6) is 0 Å². The number of hydrogen-bond donors (Lipinski definition) is 3. The van der Waals surface area contributed by atoms with Crippen LogP contribution < -0.4 is 15.4 Å². The minimum absolute atomic E-state index is 0.00175. The zero-order chi connectivity index (χ0) is 20.9. The fourth-order valence-electron chi connectivity index (χ4n) is 2.40. The van der Waals surface area contributed by atoms with Crippen LogP contribution in [-0.2, 0) is 21.4 Å². The lowest BCUT2D eigenvalue weighted by atomic mass is 10.2. The first kappa shape index (κ1) is 20.4. The molecule has 2 amide bonds. The van der Waals surface area contributed by atoms with E-state index in [0.29, 0.717) is 5.76 Å². The first-order chi connectivity index (χ1) is 13.8. The standard InChI is InChI=1S/C19H19N3O6S/c1-13(21-19(24)17-8-4-10-28-17)18(23)22-14-5-2-7-16(11-14)29(25,26)20-12-15-6-3-9-27-15/h2-11,13,20H,12H2,1H3,(H,21,24)(H,22,23)/t13-/m1/s1. The summed E-state index contributed by atoms with van der Waals surface area (Å²) in [5.41, 5.74) is 0.273. The third-order valence-corrected chi connectivity index (χ3v) is 5.31. The van der Waals surface area contributed by atoms with Crippen LogP contribution in [0, 0.1) is 0 Å². The molecule has 0 aliphatic heterocycles. The first-order valence-electron chi connectivity index (χ1n) is 8.62. The van der Waals surface area contributed by atoms with Gasteiger partial charge in [-0.3, -0.25) is 9.59 Å². The van der Waals surface area contributed by atoms with Gasteiger partial charge in [0.15, 0.2) is 5.76 Å². The molecular weight excluding hydrogens is 398 g/mol. The van der Waals surface area contributed by atoms with Crippen molar-refractivity contribution in [3.8, 4) is 0 Å². The molecule has 29 heavy (non-hydrogen) atoms. The number of rotatable bonds is 8. The van der Waals surface area contributed by atoms with Gasteiger partial charge >= 0.3 is 0 Å². The van der Waals surface area contributed by atoms with E-state index in [0.717, 1.165) is 0 Å². The summed E-state index contributed by atoms with van der Waals surface area (Å²) in [6.07, 6.45) is 2.80. The molecule has 0 aliphatic rings. The van der Waals surface area contributed by atoms with E-state index < -0.39 is 27.9 Å². The molecule has 0 unspecified atom stereocenters. The topological polar surface area (TPSA) is 131 Å². The second-order valence-electron chi connectivity index (χ2n) is 6.09. The van der Waals surface area contributed by atoms with Gasteiger partial charge in [-0.15, -0.1) is 0 Å². The van der Waals surface area contributed by atoms with E-state index in [1.165, 1.54) is 43.7 Å². The zero-order valence-corrected chi connectivity index (χ0v) is 16.2. The molecule has 1 atom stereocenters. The Labute approximate surface area is 167 Å². The van der Waals surface area contributed by atoms with Crippen molar-refractivity contribution in [2.45, 2.75) is 24.4 Å². The lowest BCUT2D eigenvalue weighted by molar-refractivity contribution is -0.117. The van der Waals surface area contributed by atoms with Gasteiger partial charge in [-0.2, -0.15) is 0 Å². The predicted molar refractivity (Wildman–Crippen MR) is 103 cm³/mol. The third-order valence-electron chi connectivity index (χ3n) is 3.91. The van der Waals surface area contributed by atoms with E-state index in [1.807, 2.05) is 0 Å². The molecule has 1 aromatic carbocycles. The van der Waals surface area contributed by atoms with Crippen molar-refractivity contribution in [2.24, 2.45) is 0 Å². The number of furan rings is 2. The quantitative estimate of drug-likeness (QED) is 0.515. The highest BCUT2D eigenvalue weighted by atomic mass is 32.2. The first-order valence-corrected chi connectivity index (χ1v) is 10.1. The normalized spacial score (nSPS) is 12.3. The number of sulfonamides is 1.